The van der Waals surface area contributed by atoms with Gasteiger partial charge < -0.3 is 0 Å². The summed E-state index contributed by atoms with van der Waals surface area (Å²) in [7, 11) is 0. The molecule has 0 saturated carbocycles. The topological polar surface area (TPSA) is 4.93 Å². The van der Waals surface area contributed by atoms with Gasteiger partial charge in [0.05, 0.1) is 22.9 Å². The minimum absolute atomic E-state index is 1.30. The molecule has 0 spiro atoms. The van der Waals surface area contributed by atoms with Crippen molar-refractivity contribution in [3.8, 4) is 0 Å². The number of nitrogens with zero attached hydrogens (tertiary/aromatic N) is 1. The lowest BCUT2D eigenvalue weighted by Crippen LogP contribution is -1.62. The van der Waals surface area contributed by atoms with Crippen LogP contribution in [0.25, 0.3) is 10.8 Å². The van der Waals surface area contributed by atoms with E-state index in [9.17, 15) is 0 Å². The number of fused-ring (bicyclic) bond motifs is 1. The molecule has 0 amide bonds. The molecule has 0 saturated heterocycles. The SMILES string of the molecule is In1cc2ccccc2c1. The van der Waals surface area contributed by atoms with E-state index < -0.39 is 0 Å². The van der Waals surface area contributed by atoms with Crippen molar-refractivity contribution < 1.29 is 0 Å². The second kappa shape index (κ2) is 2.27. The summed E-state index contributed by atoms with van der Waals surface area (Å²) in [4.78, 5) is 0. The highest BCUT2D eigenvalue weighted by Crippen LogP contribution is 2.15. The summed E-state index contributed by atoms with van der Waals surface area (Å²) in [6.45, 7) is 0. The molecule has 0 aliphatic heterocycles. The van der Waals surface area contributed by atoms with Gasteiger partial charge in [-0.25, -0.2) is 0 Å². The van der Waals surface area contributed by atoms with Gasteiger partial charge in [-0.1, -0.05) is 24.3 Å². The van der Waals surface area contributed by atoms with E-state index >= 15 is 0 Å². The highest BCUT2D eigenvalue weighted by molar-refractivity contribution is 14.1. The zero-order valence-corrected chi connectivity index (χ0v) is 7.45. The van der Waals surface area contributed by atoms with Crippen molar-refractivity contribution in [2.45, 2.75) is 0 Å². The maximum atomic E-state index is 2.25. The van der Waals surface area contributed by atoms with Crippen molar-refractivity contribution in [2.24, 2.45) is 0 Å². The van der Waals surface area contributed by atoms with Gasteiger partial charge in [0.25, 0.3) is 0 Å². The van der Waals surface area contributed by atoms with Crippen LogP contribution in [0.1, 0.15) is 0 Å². The molecule has 1 nitrogen and oxygen atoms in total. The van der Waals surface area contributed by atoms with Crippen LogP contribution in [0.2, 0.25) is 0 Å². The van der Waals surface area contributed by atoms with Crippen LogP contribution in [-0.2, 0) is 0 Å². The van der Waals surface area contributed by atoms with Crippen LogP contribution in [0.4, 0.5) is 0 Å². The largest absolute Gasteiger partial charge is 0.296 e. The normalized spacial score (nSPS) is 10.5. The average Bonchev–Trinajstić information content (AvgIpc) is 2.27. The van der Waals surface area contributed by atoms with Gasteiger partial charge in [-0.05, 0) is 0 Å². The van der Waals surface area contributed by atoms with E-state index in [-0.39, 0.29) is 0 Å². The molecule has 1 aromatic carbocycles. The summed E-state index contributed by atoms with van der Waals surface area (Å²) in [6.07, 6.45) is 4.21. The Bertz CT molecular complexity index is 318. The Morgan fingerprint density at radius 1 is 1.00 bits per heavy atom. The maximum Gasteiger partial charge on any atom is 0.0634 e. The molecule has 0 fully saturated rings. The molecule has 0 bridgehead atoms. The van der Waals surface area contributed by atoms with Crippen LogP contribution in [0, 0.1) is 0 Å². The monoisotopic (exact) mass is 243 g/mol. The van der Waals surface area contributed by atoms with Crippen molar-refractivity contribution in [1.82, 2.24) is 2.78 Å². The lowest BCUT2D eigenvalue weighted by Gasteiger charge is -1.81. The fraction of sp³-hybridized carbons (Fsp3) is 0. The molecule has 0 atom stereocenters. The van der Waals surface area contributed by atoms with Crippen LogP contribution in [0.15, 0.2) is 36.7 Å². The summed E-state index contributed by atoms with van der Waals surface area (Å²) in [5, 5.41) is 2.61. The highest BCUT2D eigenvalue weighted by Gasteiger charge is 1.92. The minimum Gasteiger partial charge on any atom is -0.296 e. The van der Waals surface area contributed by atoms with E-state index in [0.29, 0.717) is 0 Å². The summed E-state index contributed by atoms with van der Waals surface area (Å²) in [5.74, 6) is 0. The van der Waals surface area contributed by atoms with Gasteiger partial charge in [-0.2, -0.15) is 0 Å². The van der Waals surface area contributed by atoms with Gasteiger partial charge in [0.1, 0.15) is 0 Å². The first-order chi connectivity index (χ1) is 4.86. The highest BCUT2D eigenvalue weighted by atomic mass is 127. The van der Waals surface area contributed by atoms with Crippen molar-refractivity contribution in [3.63, 3.8) is 0 Å². The zero-order valence-electron chi connectivity index (χ0n) is 5.29. The smallest absolute Gasteiger partial charge is 0.0634 e. The number of aromatic nitrogens is 1. The molecule has 1 heterocycles. The fourth-order valence-electron chi connectivity index (χ4n) is 1.05. The summed E-state index contributed by atoms with van der Waals surface area (Å²) < 4.78 is 2.04. The molecule has 0 N–H and O–H groups in total. The number of rotatable bonds is 0. The second-order valence-corrected chi connectivity index (χ2v) is 3.35. The van der Waals surface area contributed by atoms with Crippen molar-refractivity contribution in [2.75, 3.05) is 0 Å². The predicted octanol–water partition coefficient (Wildman–Crippen LogP) is 2.84. The lowest BCUT2D eigenvalue weighted by atomic mass is 10.2. The molecule has 2 rings (SSSR count). The van der Waals surface area contributed by atoms with Gasteiger partial charge in [0, 0.05) is 23.2 Å². The van der Waals surface area contributed by atoms with E-state index in [4.69, 9.17) is 0 Å². The average molecular weight is 243 g/mol. The number of hydrogen-bond donors (Lipinski definition) is 0. The maximum absolute atomic E-state index is 2.25. The Kier molecular flexibility index (Phi) is 1.41. The first-order valence-corrected chi connectivity index (χ1v) is 4.05. The molecule has 2 heteroatoms. The molecular formula is C8H6IN. The van der Waals surface area contributed by atoms with Crippen molar-refractivity contribution in [1.29, 1.82) is 0 Å². The van der Waals surface area contributed by atoms with Gasteiger partial charge >= 0.3 is 0 Å². The quantitative estimate of drug-likeness (QED) is 0.627. The van der Waals surface area contributed by atoms with E-state index in [1.54, 1.807) is 0 Å². The number of benzene rings is 1. The molecule has 0 aliphatic carbocycles. The Balaban J connectivity index is 2.88. The Labute approximate surface area is 73.2 Å². The van der Waals surface area contributed by atoms with E-state index in [1.165, 1.54) is 10.8 Å². The van der Waals surface area contributed by atoms with Crippen LogP contribution in [0.5, 0.6) is 0 Å². The number of hydrogen-bond acceptors (Lipinski definition) is 0. The van der Waals surface area contributed by atoms with Crippen molar-refractivity contribution in [3.05, 3.63) is 36.7 Å². The molecule has 0 radical (unpaired) electrons. The lowest BCUT2D eigenvalue weighted by molar-refractivity contribution is 1.37. The molecular weight excluding hydrogens is 237 g/mol. The molecule has 2 aromatic rings. The fourth-order valence-corrected chi connectivity index (χ4v) is 1.65. The first kappa shape index (κ1) is 6.22. The van der Waals surface area contributed by atoms with Gasteiger partial charge in [-0.3, -0.25) is 2.78 Å². The number of halogens is 1. The van der Waals surface area contributed by atoms with E-state index in [1.807, 2.05) is 2.78 Å². The molecule has 1 aromatic heterocycles. The minimum atomic E-state index is 1.30. The predicted molar refractivity (Wildman–Crippen MR) is 51.4 cm³/mol. The standard InChI is InChI=1S/C8H6IN/c9-10-5-7-3-1-2-4-8(7)6-10/h1-6H. The third-order valence-corrected chi connectivity index (χ3v) is 2.08. The molecule has 10 heavy (non-hydrogen) atoms. The third kappa shape index (κ3) is 0.923. The summed E-state index contributed by atoms with van der Waals surface area (Å²) in [6, 6.07) is 8.34. The molecule has 0 aliphatic rings. The summed E-state index contributed by atoms with van der Waals surface area (Å²) in [5.41, 5.74) is 0. The zero-order chi connectivity index (χ0) is 6.97. The Morgan fingerprint density at radius 3 is 2.00 bits per heavy atom. The van der Waals surface area contributed by atoms with E-state index in [2.05, 4.69) is 59.5 Å². The third-order valence-electron chi connectivity index (χ3n) is 1.52. The Hall–Kier alpha value is -0.510. The van der Waals surface area contributed by atoms with Crippen LogP contribution < -0.4 is 0 Å². The van der Waals surface area contributed by atoms with Crippen molar-refractivity contribution >= 4 is 33.6 Å². The Morgan fingerprint density at radius 2 is 1.50 bits per heavy atom. The van der Waals surface area contributed by atoms with Gasteiger partial charge in [0.2, 0.25) is 0 Å². The van der Waals surface area contributed by atoms with Gasteiger partial charge in [0.15, 0.2) is 0 Å². The molecule has 0 unspecified atom stereocenters. The van der Waals surface area contributed by atoms with E-state index in [0.717, 1.165) is 0 Å². The first-order valence-electron chi connectivity index (χ1n) is 3.09. The summed E-state index contributed by atoms with van der Waals surface area (Å²) >= 11 is 2.25. The second-order valence-electron chi connectivity index (χ2n) is 2.23. The van der Waals surface area contributed by atoms with Crippen LogP contribution >= 0.6 is 22.9 Å². The van der Waals surface area contributed by atoms with Gasteiger partial charge in [-0.15, -0.1) is 0 Å². The van der Waals surface area contributed by atoms with Crippen LogP contribution in [0.3, 0.4) is 0 Å². The van der Waals surface area contributed by atoms with Crippen LogP contribution in [-0.4, -0.2) is 2.78 Å². The molecule has 50 valence electrons.